The van der Waals surface area contributed by atoms with Crippen molar-refractivity contribution in [2.45, 2.75) is 57.5 Å². The third-order valence-corrected chi connectivity index (χ3v) is 5.96. The van der Waals surface area contributed by atoms with E-state index in [1.165, 1.54) is 19.3 Å². The number of hydrogen-bond acceptors (Lipinski definition) is 4. The maximum atomic E-state index is 12.9. The molecule has 1 aliphatic carbocycles. The van der Waals surface area contributed by atoms with Crippen molar-refractivity contribution in [3.05, 3.63) is 35.4 Å². The number of halogens is 1. The van der Waals surface area contributed by atoms with Gasteiger partial charge >= 0.3 is 0 Å². The van der Waals surface area contributed by atoms with Crippen LogP contribution in [-0.4, -0.2) is 42.5 Å². The van der Waals surface area contributed by atoms with E-state index in [1.807, 2.05) is 31.4 Å². The summed E-state index contributed by atoms with van der Waals surface area (Å²) >= 11 is 1.67. The van der Waals surface area contributed by atoms with Crippen LogP contribution in [0.15, 0.2) is 24.3 Å². The molecule has 1 aromatic carbocycles. The Morgan fingerprint density at radius 2 is 1.93 bits per heavy atom. The molecule has 2 atom stereocenters. The van der Waals surface area contributed by atoms with E-state index in [9.17, 15) is 9.59 Å². The molecule has 2 unspecified atom stereocenters. The zero-order valence-corrected chi connectivity index (χ0v) is 18.5. The largest absolute Gasteiger partial charge is 0.350 e. The Morgan fingerprint density at radius 1 is 1.21 bits per heavy atom. The number of benzene rings is 1. The number of carbonyl (C=O) groups excluding carboxylic acids is 2. The molecule has 4 N–H and O–H groups in total. The molecule has 7 heteroatoms. The fourth-order valence-corrected chi connectivity index (χ4v) is 4.19. The van der Waals surface area contributed by atoms with Gasteiger partial charge in [-0.05, 0) is 56.2 Å². The van der Waals surface area contributed by atoms with Crippen LogP contribution < -0.4 is 16.4 Å². The molecule has 5 nitrogen and oxygen atoms in total. The first-order chi connectivity index (χ1) is 13.0. The first kappa shape index (κ1) is 24.8. The number of thioether (sulfide) groups is 1. The van der Waals surface area contributed by atoms with Crippen molar-refractivity contribution < 1.29 is 9.59 Å². The normalized spacial score (nSPS) is 16.5. The minimum Gasteiger partial charge on any atom is -0.350 e. The van der Waals surface area contributed by atoms with Crippen molar-refractivity contribution in [1.82, 2.24) is 10.6 Å². The SMILES string of the molecule is CSCCC(NC(=O)c1cccc(C)c1)C(=O)NC(CN)C1CCCCC1.Cl. The van der Waals surface area contributed by atoms with Gasteiger partial charge in [0.25, 0.3) is 5.91 Å². The highest BCUT2D eigenvalue weighted by Gasteiger charge is 2.28. The van der Waals surface area contributed by atoms with Gasteiger partial charge in [-0.1, -0.05) is 37.0 Å². The van der Waals surface area contributed by atoms with Gasteiger partial charge in [-0.3, -0.25) is 9.59 Å². The molecule has 2 amide bonds. The fourth-order valence-electron chi connectivity index (χ4n) is 3.72. The Labute approximate surface area is 179 Å². The van der Waals surface area contributed by atoms with E-state index in [1.54, 1.807) is 17.8 Å². The second-order valence-corrected chi connectivity index (χ2v) is 8.41. The van der Waals surface area contributed by atoms with Crippen molar-refractivity contribution in [2.75, 3.05) is 18.6 Å². The van der Waals surface area contributed by atoms with E-state index in [-0.39, 0.29) is 30.3 Å². The van der Waals surface area contributed by atoms with Gasteiger partial charge in [-0.2, -0.15) is 11.8 Å². The molecule has 0 saturated heterocycles. The standard InChI is InChI=1S/C21H33N3O2S.ClH/c1-15-7-6-10-17(13-15)20(25)23-18(11-12-27-2)21(26)24-19(14-22)16-8-4-3-5-9-16;/h6-7,10,13,16,18-19H,3-5,8-9,11-12,14,22H2,1-2H3,(H,23,25)(H,24,26);1H. The van der Waals surface area contributed by atoms with Gasteiger partial charge in [0.1, 0.15) is 6.04 Å². The molecular weight excluding hydrogens is 394 g/mol. The van der Waals surface area contributed by atoms with E-state index >= 15 is 0 Å². The molecular formula is C21H34ClN3O2S. The molecule has 0 aromatic heterocycles. The Bertz CT molecular complexity index is 623. The van der Waals surface area contributed by atoms with E-state index in [2.05, 4.69) is 10.6 Å². The number of amides is 2. The van der Waals surface area contributed by atoms with Crippen molar-refractivity contribution in [3.8, 4) is 0 Å². The van der Waals surface area contributed by atoms with Gasteiger partial charge in [-0.25, -0.2) is 0 Å². The number of hydrogen-bond donors (Lipinski definition) is 3. The second-order valence-electron chi connectivity index (χ2n) is 7.43. The third kappa shape index (κ3) is 7.64. The second kappa shape index (κ2) is 13.1. The molecule has 1 aliphatic rings. The highest BCUT2D eigenvalue weighted by atomic mass is 35.5. The predicted octanol–water partition coefficient (Wildman–Crippen LogP) is 3.29. The summed E-state index contributed by atoms with van der Waals surface area (Å²) in [5.41, 5.74) is 7.56. The van der Waals surface area contributed by atoms with E-state index < -0.39 is 6.04 Å². The summed E-state index contributed by atoms with van der Waals surface area (Å²) in [5.74, 6) is 0.928. The first-order valence-corrected chi connectivity index (χ1v) is 11.3. The lowest BCUT2D eigenvalue weighted by atomic mass is 9.84. The van der Waals surface area contributed by atoms with Gasteiger partial charge in [0.05, 0.1) is 0 Å². The summed E-state index contributed by atoms with van der Waals surface area (Å²) in [4.78, 5) is 25.5. The average molecular weight is 428 g/mol. The van der Waals surface area contributed by atoms with Crippen LogP contribution >= 0.6 is 24.2 Å². The molecule has 1 saturated carbocycles. The van der Waals surface area contributed by atoms with Gasteiger partial charge in [-0.15, -0.1) is 12.4 Å². The number of carbonyl (C=O) groups is 2. The summed E-state index contributed by atoms with van der Waals surface area (Å²) < 4.78 is 0. The molecule has 28 heavy (non-hydrogen) atoms. The maximum absolute atomic E-state index is 12.9. The average Bonchev–Trinajstić information content (AvgIpc) is 2.69. The maximum Gasteiger partial charge on any atom is 0.251 e. The lowest BCUT2D eigenvalue weighted by Gasteiger charge is -2.31. The van der Waals surface area contributed by atoms with E-state index in [4.69, 9.17) is 5.73 Å². The van der Waals surface area contributed by atoms with Gasteiger partial charge < -0.3 is 16.4 Å². The predicted molar refractivity (Wildman–Crippen MR) is 120 cm³/mol. The van der Waals surface area contributed by atoms with Crippen LogP contribution in [0.1, 0.15) is 54.4 Å². The first-order valence-electron chi connectivity index (χ1n) is 9.92. The van der Waals surface area contributed by atoms with Crippen molar-refractivity contribution in [1.29, 1.82) is 0 Å². The van der Waals surface area contributed by atoms with Gasteiger partial charge in [0.15, 0.2) is 0 Å². The smallest absolute Gasteiger partial charge is 0.251 e. The molecule has 1 aromatic rings. The summed E-state index contributed by atoms with van der Waals surface area (Å²) in [6.45, 7) is 2.39. The van der Waals surface area contributed by atoms with Crippen LogP contribution in [0.5, 0.6) is 0 Å². The number of nitrogens with one attached hydrogen (secondary N) is 2. The lowest BCUT2D eigenvalue weighted by molar-refractivity contribution is -0.124. The highest BCUT2D eigenvalue weighted by Crippen LogP contribution is 2.26. The number of rotatable bonds is 9. The van der Waals surface area contributed by atoms with Gasteiger partial charge in [0, 0.05) is 18.2 Å². The van der Waals surface area contributed by atoms with Crippen LogP contribution in [0.4, 0.5) is 0 Å². The van der Waals surface area contributed by atoms with E-state index in [0.29, 0.717) is 24.4 Å². The molecule has 158 valence electrons. The zero-order chi connectivity index (χ0) is 19.6. The third-order valence-electron chi connectivity index (χ3n) is 5.31. The van der Waals surface area contributed by atoms with Crippen molar-refractivity contribution in [2.24, 2.45) is 11.7 Å². The number of aryl methyl sites for hydroxylation is 1. The molecule has 0 heterocycles. The summed E-state index contributed by atoms with van der Waals surface area (Å²) in [5, 5.41) is 6.05. The van der Waals surface area contributed by atoms with Crippen LogP contribution in [0.3, 0.4) is 0 Å². The Hall–Kier alpha value is -1.24. The quantitative estimate of drug-likeness (QED) is 0.564. The Balaban J connectivity index is 0.00000392. The molecule has 0 spiro atoms. The lowest BCUT2D eigenvalue weighted by Crippen LogP contribution is -2.53. The molecule has 0 radical (unpaired) electrons. The monoisotopic (exact) mass is 427 g/mol. The topological polar surface area (TPSA) is 84.2 Å². The van der Waals surface area contributed by atoms with E-state index in [0.717, 1.165) is 24.2 Å². The molecule has 0 bridgehead atoms. The summed E-state index contributed by atoms with van der Waals surface area (Å²) in [6.07, 6.45) is 8.52. The minimum atomic E-state index is -0.539. The van der Waals surface area contributed by atoms with Gasteiger partial charge in [0.2, 0.25) is 5.91 Å². The summed E-state index contributed by atoms with van der Waals surface area (Å²) in [7, 11) is 0. The van der Waals surface area contributed by atoms with Crippen LogP contribution in [-0.2, 0) is 4.79 Å². The Morgan fingerprint density at radius 3 is 2.54 bits per heavy atom. The Kier molecular flexibility index (Phi) is 11.6. The van der Waals surface area contributed by atoms with Crippen LogP contribution in [0.2, 0.25) is 0 Å². The number of nitrogens with two attached hydrogens (primary N) is 1. The minimum absolute atomic E-state index is 0. The van der Waals surface area contributed by atoms with Crippen LogP contribution in [0.25, 0.3) is 0 Å². The van der Waals surface area contributed by atoms with Crippen LogP contribution in [0, 0.1) is 12.8 Å². The molecule has 1 fully saturated rings. The molecule has 2 rings (SSSR count). The zero-order valence-electron chi connectivity index (χ0n) is 16.9. The fraction of sp³-hybridized carbons (Fsp3) is 0.619. The highest BCUT2D eigenvalue weighted by molar-refractivity contribution is 7.98. The van der Waals surface area contributed by atoms with Crippen molar-refractivity contribution in [3.63, 3.8) is 0 Å². The van der Waals surface area contributed by atoms with Crippen molar-refractivity contribution >= 4 is 36.0 Å². The molecule has 0 aliphatic heterocycles. The summed E-state index contributed by atoms with van der Waals surface area (Å²) in [6, 6.07) is 6.87.